The van der Waals surface area contributed by atoms with Crippen LogP contribution in [0.5, 0.6) is 0 Å². The predicted molar refractivity (Wildman–Crippen MR) is 105 cm³/mol. The van der Waals surface area contributed by atoms with E-state index in [4.69, 9.17) is 0 Å². The molecule has 1 aromatic heterocycles. The second-order valence-corrected chi connectivity index (χ2v) is 8.66. The Bertz CT molecular complexity index is 1010. The van der Waals surface area contributed by atoms with Gasteiger partial charge < -0.3 is 9.88 Å². The number of nitrogens with zero attached hydrogens (tertiary/aromatic N) is 1. The van der Waals surface area contributed by atoms with E-state index >= 15 is 0 Å². The van der Waals surface area contributed by atoms with Gasteiger partial charge in [-0.05, 0) is 68.8 Å². The summed E-state index contributed by atoms with van der Waals surface area (Å²) in [4.78, 5) is 5.97. The molecule has 1 fully saturated rings. The fourth-order valence-corrected chi connectivity index (χ4v) is 4.79. The molecule has 1 saturated heterocycles. The summed E-state index contributed by atoms with van der Waals surface area (Å²) in [6.45, 7) is 1.15. The Morgan fingerprint density at radius 1 is 1.19 bits per heavy atom. The van der Waals surface area contributed by atoms with Gasteiger partial charge in [-0.25, -0.2) is 8.42 Å². The third-order valence-electron chi connectivity index (χ3n) is 5.20. The van der Waals surface area contributed by atoms with Crippen LogP contribution in [0.15, 0.2) is 59.6 Å². The van der Waals surface area contributed by atoms with Crippen LogP contribution in [0.25, 0.3) is 10.9 Å². The van der Waals surface area contributed by atoms with Gasteiger partial charge >= 0.3 is 0 Å². The number of benzene rings is 2. The lowest BCUT2D eigenvalue weighted by Crippen LogP contribution is -2.26. The number of aromatic nitrogens is 1. The molecule has 0 saturated carbocycles. The van der Waals surface area contributed by atoms with E-state index in [2.05, 4.69) is 21.7 Å². The number of likely N-dealkylation sites (tertiary alicyclic amines) is 1. The van der Waals surface area contributed by atoms with Gasteiger partial charge in [0.2, 0.25) is 0 Å². The normalized spacial score (nSPS) is 18.4. The fraction of sp³-hybridized carbons (Fsp3) is 0.300. The van der Waals surface area contributed by atoms with Crippen LogP contribution in [0.2, 0.25) is 0 Å². The molecule has 0 amide bonds. The molecular formula is C20H23N3O2S. The fourth-order valence-electron chi connectivity index (χ4n) is 3.72. The maximum Gasteiger partial charge on any atom is 0.261 e. The Morgan fingerprint density at radius 3 is 2.73 bits per heavy atom. The first-order chi connectivity index (χ1) is 12.5. The minimum Gasteiger partial charge on any atom is -0.361 e. The van der Waals surface area contributed by atoms with E-state index in [1.165, 1.54) is 18.4 Å². The predicted octanol–water partition coefficient (Wildman–Crippen LogP) is 3.61. The first-order valence-electron chi connectivity index (χ1n) is 8.91. The molecule has 0 aliphatic carbocycles. The first kappa shape index (κ1) is 17.1. The van der Waals surface area contributed by atoms with Crippen LogP contribution in [0.4, 0.5) is 5.69 Å². The SMILES string of the molecule is CN1CCC[C@@H]1Cc1c[nH]c2ccc(NS(=O)(=O)c3ccccc3)cc12. The lowest BCUT2D eigenvalue weighted by Gasteiger charge is -2.18. The van der Waals surface area contributed by atoms with Crippen LogP contribution >= 0.6 is 0 Å². The van der Waals surface area contributed by atoms with Gasteiger partial charge in [-0.1, -0.05) is 18.2 Å². The number of sulfonamides is 1. The summed E-state index contributed by atoms with van der Waals surface area (Å²) < 4.78 is 27.8. The topological polar surface area (TPSA) is 65.2 Å². The van der Waals surface area contributed by atoms with Crippen molar-refractivity contribution in [3.63, 3.8) is 0 Å². The number of fused-ring (bicyclic) bond motifs is 1. The van der Waals surface area contributed by atoms with Gasteiger partial charge in [0, 0.05) is 28.8 Å². The van der Waals surface area contributed by atoms with Crippen molar-refractivity contribution in [1.82, 2.24) is 9.88 Å². The Labute approximate surface area is 154 Å². The number of likely N-dealkylation sites (N-methyl/N-ethyl adjacent to an activating group) is 1. The van der Waals surface area contributed by atoms with Gasteiger partial charge in [-0.2, -0.15) is 0 Å². The van der Waals surface area contributed by atoms with E-state index < -0.39 is 10.0 Å². The van der Waals surface area contributed by atoms with E-state index in [0.29, 0.717) is 11.7 Å². The molecule has 1 aliphatic rings. The van der Waals surface area contributed by atoms with Crippen molar-refractivity contribution in [2.24, 2.45) is 0 Å². The Hall–Kier alpha value is -2.31. The quantitative estimate of drug-likeness (QED) is 0.722. The number of rotatable bonds is 5. The molecule has 0 spiro atoms. The summed E-state index contributed by atoms with van der Waals surface area (Å²) in [6, 6.07) is 14.6. The molecule has 0 bridgehead atoms. The number of aromatic amines is 1. The molecule has 1 aliphatic heterocycles. The molecule has 6 heteroatoms. The van der Waals surface area contributed by atoms with Crippen molar-refractivity contribution in [1.29, 1.82) is 0 Å². The number of hydrogen-bond acceptors (Lipinski definition) is 3. The second kappa shape index (κ2) is 6.78. The summed E-state index contributed by atoms with van der Waals surface area (Å²) in [5.74, 6) is 0. The highest BCUT2D eigenvalue weighted by Crippen LogP contribution is 2.27. The highest BCUT2D eigenvalue weighted by Gasteiger charge is 2.22. The maximum atomic E-state index is 12.6. The van der Waals surface area contributed by atoms with Crippen molar-refractivity contribution in [2.75, 3.05) is 18.3 Å². The van der Waals surface area contributed by atoms with Crippen LogP contribution in [0.3, 0.4) is 0 Å². The zero-order valence-electron chi connectivity index (χ0n) is 14.8. The molecule has 2 heterocycles. The van der Waals surface area contributed by atoms with Crippen molar-refractivity contribution < 1.29 is 8.42 Å². The minimum absolute atomic E-state index is 0.266. The zero-order chi connectivity index (χ0) is 18.1. The molecule has 2 N–H and O–H groups in total. The third kappa shape index (κ3) is 3.34. The summed E-state index contributed by atoms with van der Waals surface area (Å²) in [5, 5.41) is 1.08. The van der Waals surface area contributed by atoms with E-state index in [9.17, 15) is 8.42 Å². The average Bonchev–Trinajstić information content (AvgIpc) is 3.22. The summed E-state index contributed by atoms with van der Waals surface area (Å²) >= 11 is 0. The molecule has 0 radical (unpaired) electrons. The van der Waals surface area contributed by atoms with Crippen LogP contribution in [0, 0.1) is 0 Å². The molecular weight excluding hydrogens is 346 g/mol. The van der Waals surface area contributed by atoms with Gasteiger partial charge in [0.15, 0.2) is 0 Å². The Morgan fingerprint density at radius 2 is 2.00 bits per heavy atom. The van der Waals surface area contributed by atoms with Gasteiger partial charge in [-0.3, -0.25) is 4.72 Å². The van der Waals surface area contributed by atoms with Gasteiger partial charge in [0.25, 0.3) is 10.0 Å². The largest absolute Gasteiger partial charge is 0.361 e. The van der Waals surface area contributed by atoms with E-state index in [1.54, 1.807) is 36.4 Å². The van der Waals surface area contributed by atoms with Crippen molar-refractivity contribution >= 4 is 26.6 Å². The third-order valence-corrected chi connectivity index (χ3v) is 6.60. The molecule has 4 rings (SSSR count). The Balaban J connectivity index is 1.62. The second-order valence-electron chi connectivity index (χ2n) is 6.97. The van der Waals surface area contributed by atoms with E-state index in [1.807, 2.05) is 18.3 Å². The van der Waals surface area contributed by atoms with Crippen molar-refractivity contribution in [3.05, 3.63) is 60.3 Å². The molecule has 5 nitrogen and oxygen atoms in total. The monoisotopic (exact) mass is 369 g/mol. The summed E-state index contributed by atoms with van der Waals surface area (Å²) in [7, 11) is -1.40. The molecule has 1 atom stereocenters. The van der Waals surface area contributed by atoms with Gasteiger partial charge in [0.1, 0.15) is 0 Å². The number of nitrogens with one attached hydrogen (secondary N) is 2. The number of H-pyrrole nitrogens is 1. The van der Waals surface area contributed by atoms with Crippen LogP contribution in [0.1, 0.15) is 18.4 Å². The highest BCUT2D eigenvalue weighted by molar-refractivity contribution is 7.92. The molecule has 0 unspecified atom stereocenters. The highest BCUT2D eigenvalue weighted by atomic mass is 32.2. The Kier molecular flexibility index (Phi) is 4.46. The molecule has 3 aromatic rings. The summed E-state index contributed by atoms with van der Waals surface area (Å²) in [5.41, 5.74) is 2.85. The standard InChI is InChI=1S/C20H23N3O2S/c1-23-11-5-6-17(23)12-15-14-21-20-10-9-16(13-19(15)20)22-26(24,25)18-7-3-2-4-8-18/h2-4,7-10,13-14,17,21-22H,5-6,11-12H2,1H3/t17-/m1/s1. The molecule has 26 heavy (non-hydrogen) atoms. The smallest absolute Gasteiger partial charge is 0.261 e. The van der Waals surface area contributed by atoms with Crippen LogP contribution < -0.4 is 4.72 Å². The summed E-state index contributed by atoms with van der Waals surface area (Å²) in [6.07, 6.45) is 5.48. The van der Waals surface area contributed by atoms with Crippen LogP contribution in [-0.4, -0.2) is 37.9 Å². The average molecular weight is 369 g/mol. The van der Waals surface area contributed by atoms with Crippen LogP contribution in [-0.2, 0) is 16.4 Å². The molecule has 136 valence electrons. The maximum absolute atomic E-state index is 12.6. The minimum atomic E-state index is -3.58. The first-order valence-corrected chi connectivity index (χ1v) is 10.4. The zero-order valence-corrected chi connectivity index (χ0v) is 15.6. The molecule has 2 aromatic carbocycles. The van der Waals surface area contributed by atoms with E-state index in [-0.39, 0.29) is 4.90 Å². The lowest BCUT2D eigenvalue weighted by molar-refractivity contribution is 0.310. The van der Waals surface area contributed by atoms with Gasteiger partial charge in [0.05, 0.1) is 4.90 Å². The van der Waals surface area contributed by atoms with Gasteiger partial charge in [-0.15, -0.1) is 0 Å². The van der Waals surface area contributed by atoms with E-state index in [0.717, 1.165) is 23.9 Å². The number of hydrogen-bond donors (Lipinski definition) is 2. The van der Waals surface area contributed by atoms with Crippen molar-refractivity contribution in [3.8, 4) is 0 Å². The lowest BCUT2D eigenvalue weighted by atomic mass is 10.0. The van der Waals surface area contributed by atoms with Crippen molar-refractivity contribution in [2.45, 2.75) is 30.2 Å². The number of anilines is 1.